The van der Waals surface area contributed by atoms with E-state index in [0.29, 0.717) is 13.0 Å². The molecule has 0 spiro atoms. The van der Waals surface area contributed by atoms with Crippen LogP contribution in [0.5, 0.6) is 11.8 Å². The van der Waals surface area contributed by atoms with Gasteiger partial charge in [-0.2, -0.15) is 0 Å². The molecule has 0 aliphatic rings. The third kappa shape index (κ3) is 12.2. The molecule has 154 valence electrons. The van der Waals surface area contributed by atoms with Gasteiger partial charge < -0.3 is 15.3 Å². The van der Waals surface area contributed by atoms with Crippen molar-refractivity contribution in [2.24, 2.45) is 0 Å². The molecule has 5 heteroatoms. The lowest BCUT2D eigenvalue weighted by Crippen LogP contribution is -1.96. The molecule has 0 bridgehead atoms. The first-order chi connectivity index (χ1) is 13.1. The number of carboxylic acid groups (broad SMARTS) is 1. The Hall–Kier alpha value is -1.91. The van der Waals surface area contributed by atoms with Crippen LogP contribution in [-0.2, 0) is 11.3 Å². The van der Waals surface area contributed by atoms with Crippen molar-refractivity contribution in [3.8, 4) is 11.8 Å². The normalized spacial score (nSPS) is 11.4. The van der Waals surface area contributed by atoms with Gasteiger partial charge in [0.2, 0.25) is 0 Å². The molecule has 1 aromatic heterocycles. The molecule has 0 aliphatic heterocycles. The van der Waals surface area contributed by atoms with Crippen molar-refractivity contribution in [2.75, 3.05) is 0 Å². The molecule has 0 fully saturated rings. The zero-order valence-corrected chi connectivity index (χ0v) is 16.6. The zero-order valence-electron chi connectivity index (χ0n) is 16.6. The first-order valence-corrected chi connectivity index (χ1v) is 10.6. The molecule has 0 radical (unpaired) electrons. The van der Waals surface area contributed by atoms with E-state index in [0.717, 1.165) is 44.9 Å². The summed E-state index contributed by atoms with van der Waals surface area (Å²) in [6.45, 7) is 0.674. The lowest BCUT2D eigenvalue weighted by atomic mass is 10.1. The van der Waals surface area contributed by atoms with Gasteiger partial charge in [-0.15, -0.1) is 0 Å². The lowest BCUT2D eigenvalue weighted by molar-refractivity contribution is -0.137. The molecule has 0 saturated heterocycles. The number of aliphatic carboxylic acids is 1. The molecule has 1 rings (SSSR count). The number of carboxylic acids is 1. The monoisotopic (exact) mass is 379 g/mol. The molecule has 27 heavy (non-hydrogen) atoms. The van der Waals surface area contributed by atoms with Crippen LogP contribution in [0.15, 0.2) is 24.3 Å². The fourth-order valence-electron chi connectivity index (χ4n) is 3.22. The average Bonchev–Trinajstić information content (AvgIpc) is 2.95. The van der Waals surface area contributed by atoms with Crippen molar-refractivity contribution in [3.05, 3.63) is 24.3 Å². The Balaban J connectivity index is 1.81. The van der Waals surface area contributed by atoms with Gasteiger partial charge in [0.05, 0.1) is 0 Å². The predicted octanol–water partition coefficient (Wildman–Crippen LogP) is 6.00. The number of hydrogen-bond acceptors (Lipinski definition) is 3. The molecule has 1 heterocycles. The second-order valence-corrected chi connectivity index (χ2v) is 7.28. The molecule has 0 amide bonds. The van der Waals surface area contributed by atoms with Crippen LogP contribution in [0, 0.1) is 0 Å². The Morgan fingerprint density at radius 2 is 1.19 bits per heavy atom. The van der Waals surface area contributed by atoms with Gasteiger partial charge in [-0.1, -0.05) is 57.1 Å². The van der Waals surface area contributed by atoms with Crippen molar-refractivity contribution >= 4 is 5.97 Å². The maximum atomic E-state index is 10.4. The van der Waals surface area contributed by atoms with Crippen LogP contribution in [-0.4, -0.2) is 25.9 Å². The van der Waals surface area contributed by atoms with Gasteiger partial charge >= 0.3 is 5.97 Å². The summed E-state index contributed by atoms with van der Waals surface area (Å²) >= 11 is 0. The predicted molar refractivity (Wildman–Crippen MR) is 109 cm³/mol. The molecule has 1 aromatic rings. The van der Waals surface area contributed by atoms with Crippen LogP contribution < -0.4 is 0 Å². The van der Waals surface area contributed by atoms with E-state index in [1.807, 2.05) is 0 Å². The smallest absolute Gasteiger partial charge is 0.303 e. The van der Waals surface area contributed by atoms with E-state index in [1.165, 1.54) is 50.7 Å². The van der Waals surface area contributed by atoms with Crippen LogP contribution in [0.1, 0.15) is 89.9 Å². The van der Waals surface area contributed by atoms with E-state index < -0.39 is 5.97 Å². The van der Waals surface area contributed by atoms with E-state index in [2.05, 4.69) is 12.2 Å². The molecule has 0 aromatic carbocycles. The number of aromatic hydroxyl groups is 2. The highest BCUT2D eigenvalue weighted by Crippen LogP contribution is 2.21. The van der Waals surface area contributed by atoms with Crippen molar-refractivity contribution in [1.29, 1.82) is 0 Å². The van der Waals surface area contributed by atoms with Crippen LogP contribution in [0.3, 0.4) is 0 Å². The zero-order chi connectivity index (χ0) is 19.7. The molecule has 0 saturated carbocycles. The molecular formula is C22H37NO4. The number of rotatable bonds is 17. The summed E-state index contributed by atoms with van der Waals surface area (Å²) in [5.74, 6) is -0.412. The van der Waals surface area contributed by atoms with Crippen LogP contribution >= 0.6 is 0 Å². The third-order valence-electron chi connectivity index (χ3n) is 4.87. The maximum absolute atomic E-state index is 10.4. The Kier molecular flexibility index (Phi) is 13.0. The summed E-state index contributed by atoms with van der Waals surface area (Å²) < 4.78 is 1.54. The van der Waals surface area contributed by atoms with Crippen LogP contribution in [0.25, 0.3) is 0 Å². The minimum absolute atomic E-state index is 0.137. The average molecular weight is 380 g/mol. The highest BCUT2D eigenvalue weighted by atomic mass is 16.4. The minimum Gasteiger partial charge on any atom is -0.494 e. The van der Waals surface area contributed by atoms with Gasteiger partial charge in [-0.05, 0) is 38.5 Å². The summed E-state index contributed by atoms with van der Waals surface area (Å²) in [4.78, 5) is 10.4. The first-order valence-electron chi connectivity index (χ1n) is 10.6. The lowest BCUT2D eigenvalue weighted by Gasteiger charge is -2.06. The van der Waals surface area contributed by atoms with Gasteiger partial charge in [-0.25, -0.2) is 0 Å². The number of aromatic nitrogens is 1. The Bertz CT molecular complexity index is 517. The van der Waals surface area contributed by atoms with Gasteiger partial charge in [0, 0.05) is 25.1 Å². The number of nitrogens with zero attached hydrogens (tertiary/aromatic N) is 1. The second-order valence-electron chi connectivity index (χ2n) is 7.28. The maximum Gasteiger partial charge on any atom is 0.303 e. The Morgan fingerprint density at radius 3 is 1.70 bits per heavy atom. The van der Waals surface area contributed by atoms with Crippen molar-refractivity contribution in [2.45, 2.75) is 96.4 Å². The van der Waals surface area contributed by atoms with E-state index >= 15 is 0 Å². The van der Waals surface area contributed by atoms with Crippen LogP contribution in [0.4, 0.5) is 0 Å². The molecule has 0 unspecified atom stereocenters. The molecule has 0 atom stereocenters. The SMILES string of the molecule is O=C(O)CCCCCCCC=CCCCCCCCCn1c(O)ccc1O. The summed E-state index contributed by atoms with van der Waals surface area (Å²) in [6, 6.07) is 3.04. The second kappa shape index (κ2) is 15.2. The van der Waals surface area contributed by atoms with Gasteiger partial charge in [0.25, 0.3) is 0 Å². The fourth-order valence-corrected chi connectivity index (χ4v) is 3.22. The van der Waals surface area contributed by atoms with Gasteiger partial charge in [0.15, 0.2) is 11.8 Å². The number of hydrogen-bond donors (Lipinski definition) is 3. The number of unbranched alkanes of at least 4 members (excludes halogenated alkanes) is 11. The minimum atomic E-state index is -0.685. The summed E-state index contributed by atoms with van der Waals surface area (Å²) in [5, 5.41) is 27.7. The topological polar surface area (TPSA) is 82.7 Å². The molecule has 3 N–H and O–H groups in total. The molecule has 0 aliphatic carbocycles. The first kappa shape index (κ1) is 23.1. The summed E-state index contributed by atoms with van der Waals surface area (Å²) in [6.07, 6.45) is 19.6. The highest BCUT2D eigenvalue weighted by molar-refractivity contribution is 5.66. The highest BCUT2D eigenvalue weighted by Gasteiger charge is 2.04. The van der Waals surface area contributed by atoms with Gasteiger partial charge in [0.1, 0.15) is 0 Å². The fraction of sp³-hybridized carbons (Fsp3) is 0.682. The standard InChI is InChI=1S/C22H37NO4/c24-20-17-18-21(25)23(20)19-15-13-11-9-7-5-3-1-2-4-6-8-10-12-14-16-22(26)27/h1-2,17-18,24-25H,3-16,19H2,(H,26,27). The van der Waals surface area contributed by atoms with E-state index in [4.69, 9.17) is 5.11 Å². The van der Waals surface area contributed by atoms with Crippen LogP contribution in [0.2, 0.25) is 0 Å². The van der Waals surface area contributed by atoms with Crippen molar-refractivity contribution in [1.82, 2.24) is 4.57 Å². The Morgan fingerprint density at radius 1 is 0.741 bits per heavy atom. The van der Waals surface area contributed by atoms with E-state index in [1.54, 1.807) is 4.57 Å². The summed E-state index contributed by atoms with van der Waals surface area (Å²) in [5.41, 5.74) is 0. The third-order valence-corrected chi connectivity index (χ3v) is 4.87. The van der Waals surface area contributed by atoms with Crippen molar-refractivity contribution < 1.29 is 20.1 Å². The molecular weight excluding hydrogens is 342 g/mol. The van der Waals surface area contributed by atoms with Gasteiger partial charge in [-0.3, -0.25) is 9.36 Å². The molecule has 5 nitrogen and oxygen atoms in total. The van der Waals surface area contributed by atoms with E-state index in [9.17, 15) is 15.0 Å². The quantitative estimate of drug-likeness (QED) is 0.229. The largest absolute Gasteiger partial charge is 0.494 e. The summed E-state index contributed by atoms with van der Waals surface area (Å²) in [7, 11) is 0. The Labute approximate surface area is 163 Å². The number of carbonyl (C=O) groups is 1. The number of allylic oxidation sites excluding steroid dienone is 2. The van der Waals surface area contributed by atoms with E-state index in [-0.39, 0.29) is 11.8 Å². The van der Waals surface area contributed by atoms with Crippen molar-refractivity contribution in [3.63, 3.8) is 0 Å².